The summed E-state index contributed by atoms with van der Waals surface area (Å²) in [6, 6.07) is 10.0. The van der Waals surface area contributed by atoms with Gasteiger partial charge in [0, 0.05) is 17.2 Å². The van der Waals surface area contributed by atoms with Gasteiger partial charge in [0.2, 0.25) is 5.95 Å². The number of methoxy groups -OCH3 is 1. The van der Waals surface area contributed by atoms with Gasteiger partial charge < -0.3 is 10.5 Å². The lowest BCUT2D eigenvalue weighted by atomic mass is 10.2. The number of nitrogen functional groups attached to an aromatic ring is 1. The lowest BCUT2D eigenvalue weighted by Crippen LogP contribution is -2.00. The number of hydrogen-bond donors (Lipinski definition) is 1. The summed E-state index contributed by atoms with van der Waals surface area (Å²) in [5.41, 5.74) is 7.79. The predicted molar refractivity (Wildman–Crippen MR) is 77.0 cm³/mol. The molecular weight excluding hydrogens is 281 g/mol. The lowest BCUT2D eigenvalue weighted by Gasteiger charge is -2.08. The number of aromatic nitrogens is 2. The SMILES string of the molecule is COc1cc2c(cc1F)nc(N)n2-c1cccc(Cl)c1. The number of benzene rings is 2. The summed E-state index contributed by atoms with van der Waals surface area (Å²) in [6.07, 6.45) is 0. The summed E-state index contributed by atoms with van der Waals surface area (Å²) in [5.74, 6) is -0.0775. The Bertz CT molecular complexity index is 800. The Morgan fingerprint density at radius 2 is 2.10 bits per heavy atom. The number of ether oxygens (including phenoxy) is 1. The number of rotatable bonds is 2. The molecule has 2 N–H and O–H groups in total. The van der Waals surface area contributed by atoms with Gasteiger partial charge >= 0.3 is 0 Å². The van der Waals surface area contributed by atoms with Crippen LogP contribution in [0.1, 0.15) is 0 Å². The van der Waals surface area contributed by atoms with E-state index in [1.54, 1.807) is 22.8 Å². The standard InChI is InChI=1S/C14H11ClFN3O/c1-20-13-7-12-11(6-10(13)16)18-14(17)19(12)9-4-2-3-8(15)5-9/h2-7H,1H3,(H2,17,18). The fourth-order valence-corrected chi connectivity index (χ4v) is 2.33. The highest BCUT2D eigenvalue weighted by atomic mass is 35.5. The third-order valence-corrected chi connectivity index (χ3v) is 3.26. The van der Waals surface area contributed by atoms with Crippen molar-refractivity contribution in [2.75, 3.05) is 12.8 Å². The van der Waals surface area contributed by atoms with Crippen LogP contribution in [-0.4, -0.2) is 16.7 Å². The summed E-state index contributed by atoms with van der Waals surface area (Å²) >= 11 is 5.99. The van der Waals surface area contributed by atoms with Crippen LogP contribution in [0, 0.1) is 5.82 Å². The van der Waals surface area contributed by atoms with Crippen LogP contribution in [0.3, 0.4) is 0 Å². The number of nitrogens with zero attached hydrogens (tertiary/aromatic N) is 2. The van der Waals surface area contributed by atoms with Crippen molar-refractivity contribution in [3.63, 3.8) is 0 Å². The molecule has 0 amide bonds. The van der Waals surface area contributed by atoms with E-state index in [0.717, 1.165) is 5.69 Å². The number of hydrogen-bond acceptors (Lipinski definition) is 3. The van der Waals surface area contributed by atoms with E-state index in [4.69, 9.17) is 22.1 Å². The topological polar surface area (TPSA) is 53.1 Å². The third-order valence-electron chi connectivity index (χ3n) is 3.02. The largest absolute Gasteiger partial charge is 0.494 e. The fraction of sp³-hybridized carbons (Fsp3) is 0.0714. The van der Waals surface area contributed by atoms with Crippen molar-refractivity contribution in [3.05, 3.63) is 47.2 Å². The highest BCUT2D eigenvalue weighted by molar-refractivity contribution is 6.30. The number of fused-ring (bicyclic) bond motifs is 1. The number of imidazole rings is 1. The van der Waals surface area contributed by atoms with Crippen molar-refractivity contribution in [1.82, 2.24) is 9.55 Å². The minimum atomic E-state index is -0.476. The van der Waals surface area contributed by atoms with Crippen LogP contribution in [0.2, 0.25) is 5.02 Å². The zero-order chi connectivity index (χ0) is 14.3. The molecule has 6 heteroatoms. The highest BCUT2D eigenvalue weighted by Gasteiger charge is 2.14. The van der Waals surface area contributed by atoms with Crippen LogP contribution in [0.15, 0.2) is 36.4 Å². The van der Waals surface area contributed by atoms with E-state index in [1.165, 1.54) is 13.2 Å². The van der Waals surface area contributed by atoms with E-state index in [2.05, 4.69) is 4.98 Å². The second kappa shape index (κ2) is 4.68. The van der Waals surface area contributed by atoms with Crippen molar-refractivity contribution in [1.29, 1.82) is 0 Å². The average Bonchev–Trinajstić information content (AvgIpc) is 2.72. The first-order valence-electron chi connectivity index (χ1n) is 5.87. The van der Waals surface area contributed by atoms with Crippen LogP contribution in [0.5, 0.6) is 5.75 Å². The molecule has 0 saturated carbocycles. The molecule has 1 aromatic heterocycles. The van der Waals surface area contributed by atoms with Crippen LogP contribution in [-0.2, 0) is 0 Å². The number of nitrogens with two attached hydrogens (primary N) is 1. The maximum atomic E-state index is 13.7. The van der Waals surface area contributed by atoms with Gasteiger partial charge in [0.05, 0.1) is 23.8 Å². The molecule has 0 aliphatic rings. The van der Waals surface area contributed by atoms with Crippen LogP contribution in [0.4, 0.5) is 10.3 Å². The van der Waals surface area contributed by atoms with Gasteiger partial charge in [-0.1, -0.05) is 17.7 Å². The maximum Gasteiger partial charge on any atom is 0.205 e. The fourth-order valence-electron chi connectivity index (χ4n) is 2.14. The molecule has 0 bridgehead atoms. The first kappa shape index (κ1) is 12.7. The van der Waals surface area contributed by atoms with Crippen molar-refractivity contribution in [2.45, 2.75) is 0 Å². The molecular formula is C14H11ClFN3O. The summed E-state index contributed by atoms with van der Waals surface area (Å²) in [5, 5.41) is 0.581. The summed E-state index contributed by atoms with van der Waals surface area (Å²) in [4.78, 5) is 4.16. The first-order chi connectivity index (χ1) is 9.60. The van der Waals surface area contributed by atoms with Crippen molar-refractivity contribution in [2.24, 2.45) is 0 Å². The summed E-state index contributed by atoms with van der Waals surface area (Å²) in [6.45, 7) is 0. The predicted octanol–water partition coefficient (Wildman–Crippen LogP) is 3.41. The molecule has 102 valence electrons. The van der Waals surface area contributed by atoms with Gasteiger partial charge in [-0.05, 0) is 18.2 Å². The smallest absolute Gasteiger partial charge is 0.205 e. The first-order valence-corrected chi connectivity index (χ1v) is 6.25. The van der Waals surface area contributed by atoms with Gasteiger partial charge in [0.25, 0.3) is 0 Å². The Balaban J connectivity index is 2.32. The Morgan fingerprint density at radius 1 is 1.30 bits per heavy atom. The van der Waals surface area contributed by atoms with Crippen molar-refractivity contribution in [3.8, 4) is 11.4 Å². The Kier molecular flexibility index (Phi) is 2.99. The van der Waals surface area contributed by atoms with E-state index in [-0.39, 0.29) is 11.7 Å². The molecule has 3 aromatic rings. The third kappa shape index (κ3) is 1.96. The molecule has 4 nitrogen and oxygen atoms in total. The molecule has 20 heavy (non-hydrogen) atoms. The quantitative estimate of drug-likeness (QED) is 0.787. The minimum Gasteiger partial charge on any atom is -0.494 e. The zero-order valence-corrected chi connectivity index (χ0v) is 11.4. The van der Waals surface area contributed by atoms with Crippen LogP contribution < -0.4 is 10.5 Å². The summed E-state index contributed by atoms with van der Waals surface area (Å²) < 4.78 is 20.4. The van der Waals surface area contributed by atoms with Gasteiger partial charge in [-0.15, -0.1) is 0 Å². The molecule has 0 fully saturated rings. The second-order valence-electron chi connectivity index (χ2n) is 4.26. The van der Waals surface area contributed by atoms with E-state index >= 15 is 0 Å². The van der Waals surface area contributed by atoms with E-state index in [9.17, 15) is 4.39 Å². The van der Waals surface area contributed by atoms with Crippen molar-refractivity contribution < 1.29 is 9.13 Å². The monoisotopic (exact) mass is 291 g/mol. The summed E-state index contributed by atoms with van der Waals surface area (Å²) in [7, 11) is 1.41. The van der Waals surface area contributed by atoms with Gasteiger partial charge in [0.1, 0.15) is 0 Å². The molecule has 0 saturated heterocycles. The normalized spacial score (nSPS) is 10.9. The molecule has 0 radical (unpaired) electrons. The van der Waals surface area contributed by atoms with Crippen LogP contribution >= 0.6 is 11.6 Å². The lowest BCUT2D eigenvalue weighted by molar-refractivity contribution is 0.387. The van der Waals surface area contributed by atoms with Crippen LogP contribution in [0.25, 0.3) is 16.7 Å². The number of halogens is 2. The molecule has 3 rings (SSSR count). The molecule has 0 aliphatic heterocycles. The van der Waals surface area contributed by atoms with E-state index in [0.29, 0.717) is 16.1 Å². The second-order valence-corrected chi connectivity index (χ2v) is 4.70. The molecule has 1 heterocycles. The molecule has 2 aromatic carbocycles. The number of anilines is 1. The zero-order valence-electron chi connectivity index (χ0n) is 10.6. The van der Waals surface area contributed by atoms with Gasteiger partial charge in [0.15, 0.2) is 11.6 Å². The molecule has 0 atom stereocenters. The van der Waals surface area contributed by atoms with E-state index < -0.39 is 5.82 Å². The maximum absolute atomic E-state index is 13.7. The Labute approximate surface area is 119 Å². The van der Waals surface area contributed by atoms with Gasteiger partial charge in [-0.25, -0.2) is 9.37 Å². The Morgan fingerprint density at radius 3 is 2.80 bits per heavy atom. The molecule has 0 spiro atoms. The van der Waals surface area contributed by atoms with Gasteiger partial charge in [-0.2, -0.15) is 0 Å². The Hall–Kier alpha value is -2.27. The van der Waals surface area contributed by atoms with E-state index in [1.807, 2.05) is 12.1 Å². The average molecular weight is 292 g/mol. The highest BCUT2D eigenvalue weighted by Crippen LogP contribution is 2.29. The minimum absolute atomic E-state index is 0.140. The van der Waals surface area contributed by atoms with Crippen molar-refractivity contribution >= 4 is 28.6 Å². The molecule has 0 aliphatic carbocycles. The van der Waals surface area contributed by atoms with Gasteiger partial charge in [-0.3, -0.25) is 4.57 Å². The molecule has 0 unspecified atom stereocenters.